The number of aliphatic hydroxyl groups excluding tert-OH is 1. The van der Waals surface area contributed by atoms with E-state index in [1.165, 1.54) is 6.61 Å². The Bertz CT molecular complexity index is 292. The van der Waals surface area contributed by atoms with Crippen LogP contribution in [0.2, 0.25) is 0 Å². The van der Waals surface area contributed by atoms with Gasteiger partial charge in [-0.25, -0.2) is 0 Å². The van der Waals surface area contributed by atoms with E-state index in [1.54, 1.807) is 6.92 Å². The third kappa shape index (κ3) is 3.62. The van der Waals surface area contributed by atoms with Gasteiger partial charge in [-0.1, -0.05) is 18.2 Å². The average Bonchev–Trinajstić information content (AvgIpc) is 2.16. The van der Waals surface area contributed by atoms with E-state index in [0.717, 1.165) is 17.7 Å². The lowest BCUT2D eigenvalue weighted by molar-refractivity contribution is 0.170. The van der Waals surface area contributed by atoms with E-state index in [-0.39, 0.29) is 0 Å². The molecule has 1 rings (SSSR count). The molecule has 1 atom stereocenters. The summed E-state index contributed by atoms with van der Waals surface area (Å²) in [5, 5.41) is 8.99. The van der Waals surface area contributed by atoms with Gasteiger partial charge in [0.05, 0.1) is 6.10 Å². The van der Waals surface area contributed by atoms with Gasteiger partial charge in [0.25, 0.3) is 0 Å². The maximum absolute atomic E-state index is 8.99. The predicted octanol–water partition coefficient (Wildman–Crippen LogP) is 2.34. The summed E-state index contributed by atoms with van der Waals surface area (Å²) < 4.78 is 5.25. The maximum atomic E-state index is 8.99. The summed E-state index contributed by atoms with van der Waals surface area (Å²) in [6.07, 6.45) is 2.11. The molecule has 0 heterocycles. The molecule has 1 radical (unpaired) electrons. The molecule has 1 N–H and O–H groups in total. The van der Waals surface area contributed by atoms with Gasteiger partial charge in [-0.15, -0.1) is 6.58 Å². The van der Waals surface area contributed by atoms with Gasteiger partial charge < -0.3 is 9.84 Å². The van der Waals surface area contributed by atoms with E-state index in [1.807, 2.05) is 30.3 Å². The van der Waals surface area contributed by atoms with Crippen LogP contribution >= 0.6 is 0 Å². The van der Waals surface area contributed by atoms with E-state index in [9.17, 15) is 0 Å². The van der Waals surface area contributed by atoms with Crippen LogP contribution in [0.25, 0.3) is 0 Å². The Balaban J connectivity index is 2.58. The van der Waals surface area contributed by atoms with Crippen LogP contribution in [0.15, 0.2) is 36.9 Å². The first kappa shape index (κ1) is 10.8. The van der Waals surface area contributed by atoms with Crippen molar-refractivity contribution in [3.63, 3.8) is 0 Å². The van der Waals surface area contributed by atoms with Gasteiger partial charge in [0.1, 0.15) is 5.75 Å². The van der Waals surface area contributed by atoms with Gasteiger partial charge in [-0.2, -0.15) is 0 Å². The number of allylic oxidation sites excluding steroid dienone is 1. The van der Waals surface area contributed by atoms with Crippen LogP contribution < -0.4 is 4.74 Å². The minimum absolute atomic E-state index is 0.557. The zero-order valence-corrected chi connectivity index (χ0v) is 8.31. The van der Waals surface area contributed by atoms with Gasteiger partial charge in [-0.05, 0) is 31.0 Å². The molecule has 0 saturated heterocycles. The molecule has 1 unspecified atom stereocenters. The van der Waals surface area contributed by atoms with Crippen LogP contribution in [-0.2, 0) is 6.42 Å². The predicted molar refractivity (Wildman–Crippen MR) is 57.0 cm³/mol. The molecule has 0 aliphatic heterocycles. The molecular weight excluding hydrogens is 176 g/mol. The van der Waals surface area contributed by atoms with Gasteiger partial charge in [0.15, 0.2) is 6.61 Å². The largest absolute Gasteiger partial charge is 0.484 e. The van der Waals surface area contributed by atoms with Gasteiger partial charge in [-0.3, -0.25) is 0 Å². The Kier molecular flexibility index (Phi) is 4.20. The Morgan fingerprint density at radius 3 is 3.00 bits per heavy atom. The molecule has 1 aromatic carbocycles. The normalized spacial score (nSPS) is 12.1. The number of hydrogen-bond donors (Lipinski definition) is 1. The highest BCUT2D eigenvalue weighted by atomic mass is 16.5. The van der Waals surface area contributed by atoms with E-state index < -0.39 is 6.10 Å². The van der Waals surface area contributed by atoms with E-state index in [0.29, 0.717) is 0 Å². The van der Waals surface area contributed by atoms with Crippen molar-refractivity contribution in [3.8, 4) is 5.75 Å². The van der Waals surface area contributed by atoms with Crippen LogP contribution in [0.5, 0.6) is 5.75 Å². The first-order valence-corrected chi connectivity index (χ1v) is 4.60. The summed E-state index contributed by atoms with van der Waals surface area (Å²) >= 11 is 0. The highest BCUT2D eigenvalue weighted by Gasteiger charge is 1.99. The molecule has 2 nitrogen and oxygen atoms in total. The smallest absolute Gasteiger partial charge is 0.163 e. The topological polar surface area (TPSA) is 29.5 Å². The maximum Gasteiger partial charge on any atom is 0.163 e. The summed E-state index contributed by atoms with van der Waals surface area (Å²) in [5.41, 5.74) is 1.15. The van der Waals surface area contributed by atoms with Crippen molar-refractivity contribution in [1.29, 1.82) is 0 Å². The number of aliphatic hydroxyl groups is 1. The SMILES string of the molecule is C=CCc1cccc(O[CH]C(C)O)c1. The van der Waals surface area contributed by atoms with Crippen molar-refractivity contribution in [3.05, 3.63) is 49.1 Å². The fourth-order valence-electron chi connectivity index (χ4n) is 1.09. The first-order valence-electron chi connectivity index (χ1n) is 4.60. The quantitative estimate of drug-likeness (QED) is 0.724. The molecule has 2 heteroatoms. The molecule has 0 bridgehead atoms. The highest BCUT2D eigenvalue weighted by Crippen LogP contribution is 2.15. The molecule has 0 aliphatic rings. The summed E-state index contributed by atoms with van der Waals surface area (Å²) in [6, 6.07) is 7.72. The molecule has 0 amide bonds. The van der Waals surface area contributed by atoms with Gasteiger partial charge in [0.2, 0.25) is 0 Å². The first-order chi connectivity index (χ1) is 6.72. The van der Waals surface area contributed by atoms with Gasteiger partial charge >= 0.3 is 0 Å². The van der Waals surface area contributed by atoms with Crippen molar-refractivity contribution >= 4 is 0 Å². The Morgan fingerprint density at radius 1 is 1.57 bits per heavy atom. The van der Waals surface area contributed by atoms with Crippen LogP contribution in [0, 0.1) is 6.61 Å². The molecular formula is C12H15O2. The van der Waals surface area contributed by atoms with E-state index in [4.69, 9.17) is 9.84 Å². The van der Waals surface area contributed by atoms with Crippen molar-refractivity contribution in [1.82, 2.24) is 0 Å². The minimum Gasteiger partial charge on any atom is -0.484 e. The minimum atomic E-state index is -0.557. The summed E-state index contributed by atoms with van der Waals surface area (Å²) in [7, 11) is 0. The van der Waals surface area contributed by atoms with Crippen molar-refractivity contribution in [2.75, 3.05) is 0 Å². The molecule has 0 spiro atoms. The second kappa shape index (κ2) is 5.45. The third-order valence-corrected chi connectivity index (χ3v) is 1.68. The molecule has 1 aromatic rings. The highest BCUT2D eigenvalue weighted by molar-refractivity contribution is 5.29. The summed E-state index contributed by atoms with van der Waals surface area (Å²) in [6.45, 7) is 6.71. The molecule has 0 aromatic heterocycles. The monoisotopic (exact) mass is 191 g/mol. The second-order valence-corrected chi connectivity index (χ2v) is 3.13. The average molecular weight is 191 g/mol. The van der Waals surface area contributed by atoms with Crippen molar-refractivity contribution in [2.45, 2.75) is 19.4 Å². The second-order valence-electron chi connectivity index (χ2n) is 3.13. The van der Waals surface area contributed by atoms with Crippen LogP contribution in [0.3, 0.4) is 0 Å². The number of ether oxygens (including phenoxy) is 1. The fourth-order valence-corrected chi connectivity index (χ4v) is 1.09. The Labute approximate surface area is 84.8 Å². The number of hydrogen-bond acceptors (Lipinski definition) is 2. The van der Waals surface area contributed by atoms with Gasteiger partial charge in [0, 0.05) is 0 Å². The number of benzene rings is 1. The van der Waals surface area contributed by atoms with Crippen LogP contribution in [0.4, 0.5) is 0 Å². The molecule has 14 heavy (non-hydrogen) atoms. The summed E-state index contributed by atoms with van der Waals surface area (Å²) in [5.74, 6) is 0.741. The van der Waals surface area contributed by atoms with E-state index >= 15 is 0 Å². The van der Waals surface area contributed by atoms with Crippen molar-refractivity contribution < 1.29 is 9.84 Å². The standard InChI is InChI=1S/C12H15O2/c1-3-5-11-6-4-7-12(8-11)14-9-10(2)13/h3-4,6-10,13H,1,5H2,2H3. The van der Waals surface area contributed by atoms with Crippen LogP contribution in [0.1, 0.15) is 12.5 Å². The Morgan fingerprint density at radius 2 is 2.36 bits per heavy atom. The lowest BCUT2D eigenvalue weighted by atomic mass is 10.1. The lowest BCUT2D eigenvalue weighted by Gasteiger charge is -2.07. The fraction of sp³-hybridized carbons (Fsp3) is 0.250. The Hall–Kier alpha value is -1.28. The zero-order valence-electron chi connectivity index (χ0n) is 8.31. The molecule has 0 aliphatic carbocycles. The molecule has 0 fully saturated rings. The van der Waals surface area contributed by atoms with Crippen LogP contribution in [-0.4, -0.2) is 11.2 Å². The van der Waals surface area contributed by atoms with Crippen molar-refractivity contribution in [2.24, 2.45) is 0 Å². The third-order valence-electron chi connectivity index (χ3n) is 1.68. The molecule has 0 saturated carbocycles. The number of rotatable bonds is 5. The zero-order chi connectivity index (χ0) is 10.4. The molecule has 75 valence electrons. The lowest BCUT2D eigenvalue weighted by Crippen LogP contribution is -2.05. The summed E-state index contributed by atoms with van der Waals surface area (Å²) in [4.78, 5) is 0. The van der Waals surface area contributed by atoms with E-state index in [2.05, 4.69) is 6.58 Å².